The van der Waals surface area contributed by atoms with E-state index in [-0.39, 0.29) is 5.69 Å². The summed E-state index contributed by atoms with van der Waals surface area (Å²) in [6, 6.07) is 9.71. The quantitative estimate of drug-likeness (QED) is 0.791. The third kappa shape index (κ3) is 2.07. The van der Waals surface area contributed by atoms with E-state index in [1.54, 1.807) is 0 Å². The highest BCUT2D eigenvalue weighted by molar-refractivity contribution is 5.85. The Morgan fingerprint density at radius 2 is 2.25 bits per heavy atom. The number of hydrogen-bond donors (Lipinski definition) is 1. The van der Waals surface area contributed by atoms with E-state index in [9.17, 15) is 4.79 Å². The lowest BCUT2D eigenvalue weighted by Crippen LogP contribution is -1.99. The maximum absolute atomic E-state index is 10.8. The Morgan fingerprint density at radius 1 is 1.40 bits per heavy atom. The lowest BCUT2D eigenvalue weighted by molar-refractivity contribution is 0.0685. The molecule has 0 fully saturated rings. The van der Waals surface area contributed by atoms with Crippen molar-refractivity contribution in [1.82, 2.24) is 9.72 Å². The molecule has 1 aromatic carbocycles. The molecule has 1 N–H and O–H groups in total. The molecule has 3 rings (SSSR count). The Kier molecular flexibility index (Phi) is 3.02. The van der Waals surface area contributed by atoms with Gasteiger partial charge in [-0.25, -0.2) is 4.79 Å². The van der Waals surface area contributed by atoms with Crippen LogP contribution in [-0.2, 0) is 13.0 Å². The van der Waals surface area contributed by atoms with Gasteiger partial charge in [0.25, 0.3) is 0 Å². The molecule has 3 aromatic rings. The minimum atomic E-state index is -1.08. The molecule has 2 aromatic heterocycles. The van der Waals surface area contributed by atoms with Crippen molar-refractivity contribution in [3.8, 4) is 0 Å². The van der Waals surface area contributed by atoms with Gasteiger partial charge in [-0.15, -0.1) is 0 Å². The number of aryl methyl sites for hydroxylation is 1. The lowest BCUT2D eigenvalue weighted by atomic mass is 10.1. The predicted octanol–water partition coefficient (Wildman–Crippen LogP) is 2.94. The first-order chi connectivity index (χ1) is 9.69. The van der Waals surface area contributed by atoms with Crippen LogP contribution >= 0.6 is 0 Å². The Hall–Kier alpha value is -2.56. The van der Waals surface area contributed by atoms with E-state index in [0.29, 0.717) is 12.3 Å². The highest BCUT2D eigenvalue weighted by Crippen LogP contribution is 2.22. The Bertz CT molecular complexity index is 770. The highest BCUT2D eigenvalue weighted by atomic mass is 16.5. The Balaban J connectivity index is 1.99. The fourth-order valence-corrected chi connectivity index (χ4v) is 2.41. The molecule has 0 bridgehead atoms. The molecule has 0 aliphatic rings. The summed E-state index contributed by atoms with van der Waals surface area (Å²) in [5.74, 6) is -0.544. The van der Waals surface area contributed by atoms with Gasteiger partial charge in [-0.2, -0.15) is 0 Å². The molecular weight excluding hydrogens is 256 g/mol. The molecule has 0 aliphatic carbocycles. The van der Waals surface area contributed by atoms with Gasteiger partial charge < -0.3 is 14.2 Å². The van der Waals surface area contributed by atoms with Gasteiger partial charge in [-0.05, 0) is 23.4 Å². The van der Waals surface area contributed by atoms with Gasteiger partial charge in [-0.3, -0.25) is 0 Å². The summed E-state index contributed by atoms with van der Waals surface area (Å²) < 4.78 is 7.13. The molecule has 0 saturated heterocycles. The average Bonchev–Trinajstić information content (AvgIpc) is 3.06. The van der Waals surface area contributed by atoms with Crippen LogP contribution in [0.4, 0.5) is 0 Å². The molecular formula is C15H14N2O3. The number of hydrogen-bond acceptors (Lipinski definition) is 3. The number of nitrogens with zero attached hydrogens (tertiary/aromatic N) is 2. The number of rotatable bonds is 4. The summed E-state index contributed by atoms with van der Waals surface area (Å²) in [6.45, 7) is 2.59. The molecule has 20 heavy (non-hydrogen) atoms. The SMILES string of the molecule is CCc1cccc2ccn(Cc3cc(C(=O)O)no3)c12. The second-order valence-corrected chi connectivity index (χ2v) is 4.64. The summed E-state index contributed by atoms with van der Waals surface area (Å²) in [7, 11) is 0. The van der Waals surface area contributed by atoms with Crippen molar-refractivity contribution in [2.45, 2.75) is 19.9 Å². The zero-order valence-corrected chi connectivity index (χ0v) is 11.0. The van der Waals surface area contributed by atoms with Crippen LogP contribution in [0.15, 0.2) is 41.1 Å². The number of para-hydroxylation sites is 1. The predicted molar refractivity (Wildman–Crippen MR) is 73.9 cm³/mol. The Morgan fingerprint density at radius 3 is 2.95 bits per heavy atom. The maximum Gasteiger partial charge on any atom is 0.358 e. The normalized spacial score (nSPS) is 11.1. The van der Waals surface area contributed by atoms with Crippen LogP contribution in [0.3, 0.4) is 0 Å². The summed E-state index contributed by atoms with van der Waals surface area (Å²) in [5, 5.41) is 13.5. The van der Waals surface area contributed by atoms with Gasteiger partial charge >= 0.3 is 5.97 Å². The van der Waals surface area contributed by atoms with Crippen LogP contribution in [0, 0.1) is 0 Å². The first-order valence-electron chi connectivity index (χ1n) is 6.44. The van der Waals surface area contributed by atoms with Gasteiger partial charge in [0.15, 0.2) is 11.5 Å². The summed E-state index contributed by atoms with van der Waals surface area (Å²) in [5.41, 5.74) is 2.35. The van der Waals surface area contributed by atoms with Gasteiger partial charge in [0.1, 0.15) is 0 Å². The van der Waals surface area contributed by atoms with Crippen molar-refractivity contribution in [3.05, 3.63) is 53.5 Å². The molecule has 0 radical (unpaired) electrons. The van der Waals surface area contributed by atoms with Crippen LogP contribution in [0.5, 0.6) is 0 Å². The van der Waals surface area contributed by atoms with Crippen molar-refractivity contribution in [1.29, 1.82) is 0 Å². The van der Waals surface area contributed by atoms with Crippen molar-refractivity contribution in [3.63, 3.8) is 0 Å². The van der Waals surface area contributed by atoms with Gasteiger partial charge in [0.05, 0.1) is 12.1 Å². The van der Waals surface area contributed by atoms with Crippen molar-refractivity contribution >= 4 is 16.9 Å². The molecule has 0 unspecified atom stereocenters. The lowest BCUT2D eigenvalue weighted by Gasteiger charge is -2.06. The molecule has 0 atom stereocenters. The number of carbonyl (C=O) groups is 1. The number of aromatic nitrogens is 2. The minimum absolute atomic E-state index is 0.0628. The van der Waals surface area contributed by atoms with Crippen molar-refractivity contribution in [2.24, 2.45) is 0 Å². The standard InChI is InChI=1S/C15H14N2O3/c1-2-10-4-3-5-11-6-7-17(14(10)11)9-12-8-13(15(18)19)16-20-12/h3-8H,2,9H2,1H3,(H,18,19). The molecule has 5 heteroatoms. The largest absolute Gasteiger partial charge is 0.476 e. The van der Waals surface area contributed by atoms with Crippen LogP contribution in [-0.4, -0.2) is 20.8 Å². The Labute approximate surface area is 115 Å². The number of fused-ring (bicyclic) bond motifs is 1. The van der Waals surface area contributed by atoms with E-state index in [2.05, 4.69) is 28.8 Å². The smallest absolute Gasteiger partial charge is 0.358 e. The molecule has 2 heterocycles. The number of carboxylic acid groups (broad SMARTS) is 1. The molecule has 0 amide bonds. The minimum Gasteiger partial charge on any atom is -0.476 e. The summed E-state index contributed by atoms with van der Waals surface area (Å²) in [6.07, 6.45) is 2.92. The van der Waals surface area contributed by atoms with Crippen LogP contribution in [0.1, 0.15) is 28.7 Å². The zero-order chi connectivity index (χ0) is 14.1. The summed E-state index contributed by atoms with van der Waals surface area (Å²) >= 11 is 0. The van der Waals surface area contributed by atoms with E-state index in [1.807, 2.05) is 18.3 Å². The molecule has 5 nitrogen and oxygen atoms in total. The highest BCUT2D eigenvalue weighted by Gasteiger charge is 2.12. The molecule has 0 aliphatic heterocycles. The third-order valence-corrected chi connectivity index (χ3v) is 3.36. The van der Waals surface area contributed by atoms with Crippen molar-refractivity contribution in [2.75, 3.05) is 0 Å². The first kappa shape index (κ1) is 12.5. The topological polar surface area (TPSA) is 68.3 Å². The maximum atomic E-state index is 10.8. The number of benzene rings is 1. The molecule has 102 valence electrons. The number of carboxylic acids is 1. The van der Waals surface area contributed by atoms with Crippen molar-refractivity contribution < 1.29 is 14.4 Å². The molecule has 0 spiro atoms. The number of aromatic carboxylic acids is 1. The van der Waals surface area contributed by atoms with E-state index in [4.69, 9.17) is 9.63 Å². The van der Waals surface area contributed by atoms with E-state index in [0.717, 1.165) is 11.9 Å². The van der Waals surface area contributed by atoms with Gasteiger partial charge in [-0.1, -0.05) is 30.3 Å². The third-order valence-electron chi connectivity index (χ3n) is 3.36. The van der Waals surface area contributed by atoms with Crippen LogP contribution < -0.4 is 0 Å². The second-order valence-electron chi connectivity index (χ2n) is 4.64. The van der Waals surface area contributed by atoms with Gasteiger partial charge in [0.2, 0.25) is 0 Å². The zero-order valence-electron chi connectivity index (χ0n) is 11.0. The fourth-order valence-electron chi connectivity index (χ4n) is 2.41. The van der Waals surface area contributed by atoms with E-state index in [1.165, 1.54) is 17.0 Å². The van der Waals surface area contributed by atoms with Gasteiger partial charge in [0, 0.05) is 12.3 Å². The summed E-state index contributed by atoms with van der Waals surface area (Å²) in [4.78, 5) is 10.8. The second kappa shape index (κ2) is 4.85. The average molecular weight is 270 g/mol. The first-order valence-corrected chi connectivity index (χ1v) is 6.44. The van der Waals surface area contributed by atoms with E-state index >= 15 is 0 Å². The fraction of sp³-hybridized carbons (Fsp3) is 0.200. The van der Waals surface area contributed by atoms with E-state index < -0.39 is 5.97 Å². The molecule has 0 saturated carbocycles. The van der Waals surface area contributed by atoms with Crippen LogP contribution in [0.2, 0.25) is 0 Å². The van der Waals surface area contributed by atoms with Crippen LogP contribution in [0.25, 0.3) is 10.9 Å². The monoisotopic (exact) mass is 270 g/mol.